The van der Waals surface area contributed by atoms with Crippen molar-refractivity contribution in [3.8, 4) is 5.75 Å². The highest BCUT2D eigenvalue weighted by molar-refractivity contribution is 5.91. The number of amidine groups is 1. The second-order valence-corrected chi connectivity index (χ2v) is 5.59. The predicted octanol–water partition coefficient (Wildman–Crippen LogP) is 3.68. The van der Waals surface area contributed by atoms with Crippen LogP contribution in [0, 0.1) is 0 Å². The molecule has 0 spiro atoms. The van der Waals surface area contributed by atoms with Gasteiger partial charge in [0, 0.05) is 16.8 Å². The number of para-hydroxylation sites is 1. The summed E-state index contributed by atoms with van der Waals surface area (Å²) in [7, 11) is 1.71. The Morgan fingerprint density at radius 3 is 2.91 bits per heavy atom. The quantitative estimate of drug-likeness (QED) is 0.918. The van der Waals surface area contributed by atoms with Crippen LogP contribution >= 0.6 is 0 Å². The van der Waals surface area contributed by atoms with E-state index in [0.717, 1.165) is 29.8 Å². The van der Waals surface area contributed by atoms with Gasteiger partial charge in [-0.15, -0.1) is 0 Å². The molecule has 0 saturated heterocycles. The van der Waals surface area contributed by atoms with Crippen molar-refractivity contribution in [2.75, 3.05) is 12.4 Å². The van der Waals surface area contributed by atoms with Crippen LogP contribution in [0.3, 0.4) is 0 Å². The summed E-state index contributed by atoms with van der Waals surface area (Å²) < 4.78 is 11.3. The summed E-state index contributed by atoms with van der Waals surface area (Å²) >= 11 is 0. The lowest BCUT2D eigenvalue weighted by atomic mass is 10.1. The summed E-state index contributed by atoms with van der Waals surface area (Å²) in [6, 6.07) is 15.0. The Balaban J connectivity index is 1.64. The van der Waals surface area contributed by atoms with E-state index in [1.54, 1.807) is 7.11 Å². The summed E-state index contributed by atoms with van der Waals surface area (Å²) in [6.07, 6.45) is 2.02. The molecule has 1 unspecified atom stereocenters. The molecule has 1 aliphatic heterocycles. The van der Waals surface area contributed by atoms with Gasteiger partial charge in [0.25, 0.3) is 6.02 Å². The summed E-state index contributed by atoms with van der Waals surface area (Å²) in [6.45, 7) is 0.563. The number of anilines is 1. The average Bonchev–Trinajstić information content (AvgIpc) is 2.98. The molecule has 1 aliphatic carbocycles. The number of aryl methyl sites for hydroxylation is 1. The van der Waals surface area contributed by atoms with Crippen LogP contribution in [0.25, 0.3) is 0 Å². The molecule has 4 nitrogen and oxygen atoms in total. The number of rotatable bonds is 2. The molecule has 1 atom stereocenters. The smallest absolute Gasteiger partial charge is 0.290 e. The summed E-state index contributed by atoms with van der Waals surface area (Å²) in [4.78, 5) is 4.79. The van der Waals surface area contributed by atoms with Gasteiger partial charge in [-0.25, -0.2) is 4.99 Å². The zero-order valence-corrected chi connectivity index (χ0v) is 12.5. The van der Waals surface area contributed by atoms with Gasteiger partial charge in [-0.2, -0.15) is 0 Å². The van der Waals surface area contributed by atoms with Crippen LogP contribution < -0.4 is 10.1 Å². The van der Waals surface area contributed by atoms with Gasteiger partial charge in [-0.05, 0) is 30.5 Å². The number of aliphatic imine (C=N–C) groups is 1. The number of hydrogen-bond acceptors (Lipinski definition) is 3. The van der Waals surface area contributed by atoms with Crippen LogP contribution in [0.2, 0.25) is 0 Å². The predicted molar refractivity (Wildman–Crippen MR) is 86.3 cm³/mol. The normalized spacial score (nSPS) is 20.8. The van der Waals surface area contributed by atoms with Gasteiger partial charge in [0.05, 0.1) is 13.2 Å². The largest absolute Gasteiger partial charge is 0.496 e. The summed E-state index contributed by atoms with van der Waals surface area (Å²) in [5, 5.41) is 3.28. The number of fused-ring (bicyclic) bond motifs is 2. The average molecular weight is 294 g/mol. The van der Waals surface area contributed by atoms with Crippen LogP contribution in [-0.4, -0.2) is 13.1 Å². The zero-order chi connectivity index (χ0) is 14.9. The van der Waals surface area contributed by atoms with Gasteiger partial charge < -0.3 is 14.8 Å². The minimum atomic E-state index is 0.0962. The fraction of sp³-hybridized carbons (Fsp3) is 0.278. The molecule has 0 saturated carbocycles. The lowest BCUT2D eigenvalue weighted by molar-refractivity contribution is 0.282. The first kappa shape index (κ1) is 13.2. The molecule has 4 heteroatoms. The Hall–Kier alpha value is -2.49. The van der Waals surface area contributed by atoms with Crippen molar-refractivity contribution in [3.63, 3.8) is 0 Å². The van der Waals surface area contributed by atoms with E-state index in [1.165, 1.54) is 11.1 Å². The number of benzene rings is 2. The molecule has 0 fully saturated rings. The molecule has 0 aromatic heterocycles. The van der Waals surface area contributed by atoms with Gasteiger partial charge in [0.1, 0.15) is 12.4 Å². The van der Waals surface area contributed by atoms with E-state index in [-0.39, 0.29) is 6.04 Å². The van der Waals surface area contributed by atoms with Gasteiger partial charge in [-0.1, -0.05) is 30.3 Å². The van der Waals surface area contributed by atoms with Crippen molar-refractivity contribution >= 4 is 11.7 Å². The van der Waals surface area contributed by atoms with E-state index in [4.69, 9.17) is 14.5 Å². The number of methoxy groups -OCH3 is 1. The van der Waals surface area contributed by atoms with E-state index in [2.05, 4.69) is 23.5 Å². The van der Waals surface area contributed by atoms with E-state index >= 15 is 0 Å². The monoisotopic (exact) mass is 294 g/mol. The molecule has 22 heavy (non-hydrogen) atoms. The second kappa shape index (κ2) is 5.37. The zero-order valence-electron chi connectivity index (χ0n) is 12.5. The fourth-order valence-electron chi connectivity index (χ4n) is 3.21. The molecule has 0 amide bonds. The van der Waals surface area contributed by atoms with E-state index < -0.39 is 0 Å². The van der Waals surface area contributed by atoms with Crippen LogP contribution in [-0.2, 0) is 17.8 Å². The topological polar surface area (TPSA) is 42.8 Å². The van der Waals surface area contributed by atoms with Crippen molar-refractivity contribution in [3.05, 3.63) is 59.2 Å². The van der Waals surface area contributed by atoms with Crippen LogP contribution in [0.4, 0.5) is 5.69 Å². The summed E-state index contributed by atoms with van der Waals surface area (Å²) in [5.74, 6) is 0.917. The maximum Gasteiger partial charge on any atom is 0.290 e. The molecular weight excluding hydrogens is 276 g/mol. The molecule has 2 aromatic rings. The molecule has 0 radical (unpaired) electrons. The molecule has 2 aromatic carbocycles. The first-order valence-corrected chi connectivity index (χ1v) is 7.56. The Kier molecular flexibility index (Phi) is 3.22. The maximum absolute atomic E-state index is 5.75. The highest BCUT2D eigenvalue weighted by Gasteiger charge is 2.27. The number of nitrogens with one attached hydrogen (secondary N) is 1. The third-order valence-corrected chi connectivity index (χ3v) is 4.29. The van der Waals surface area contributed by atoms with Crippen LogP contribution in [0.15, 0.2) is 47.5 Å². The first-order valence-electron chi connectivity index (χ1n) is 7.56. The fourth-order valence-corrected chi connectivity index (χ4v) is 3.21. The highest BCUT2D eigenvalue weighted by Crippen LogP contribution is 2.40. The number of nitrogens with zero attached hydrogens (tertiary/aromatic N) is 1. The highest BCUT2D eigenvalue weighted by atomic mass is 16.5. The van der Waals surface area contributed by atoms with Gasteiger partial charge in [-0.3, -0.25) is 0 Å². The summed E-state index contributed by atoms with van der Waals surface area (Å²) in [5.41, 5.74) is 4.75. The SMILES string of the molecule is COc1cccc2c1C(N=C1Nc3ccccc3CO1)CC2. The van der Waals surface area contributed by atoms with Gasteiger partial charge >= 0.3 is 0 Å². The molecule has 1 heterocycles. The van der Waals surface area contributed by atoms with E-state index in [0.29, 0.717) is 12.6 Å². The van der Waals surface area contributed by atoms with Crippen molar-refractivity contribution < 1.29 is 9.47 Å². The Bertz CT molecular complexity index is 740. The van der Waals surface area contributed by atoms with Crippen LogP contribution in [0.1, 0.15) is 29.2 Å². The second-order valence-electron chi connectivity index (χ2n) is 5.59. The van der Waals surface area contributed by atoms with Crippen molar-refractivity contribution in [2.24, 2.45) is 4.99 Å². The van der Waals surface area contributed by atoms with Crippen molar-refractivity contribution in [1.82, 2.24) is 0 Å². The van der Waals surface area contributed by atoms with Gasteiger partial charge in [0.15, 0.2) is 0 Å². The lowest BCUT2D eigenvalue weighted by Gasteiger charge is -2.21. The minimum Gasteiger partial charge on any atom is -0.496 e. The number of ether oxygens (including phenoxy) is 2. The Morgan fingerprint density at radius 1 is 1.14 bits per heavy atom. The molecule has 2 aliphatic rings. The molecule has 4 rings (SSSR count). The molecule has 112 valence electrons. The van der Waals surface area contributed by atoms with E-state index in [1.807, 2.05) is 24.3 Å². The molecule has 0 bridgehead atoms. The lowest BCUT2D eigenvalue weighted by Crippen LogP contribution is -2.23. The first-order chi connectivity index (χ1) is 10.8. The van der Waals surface area contributed by atoms with Crippen LogP contribution in [0.5, 0.6) is 5.75 Å². The Labute approximate surface area is 129 Å². The van der Waals surface area contributed by atoms with Gasteiger partial charge in [0.2, 0.25) is 0 Å². The maximum atomic E-state index is 5.75. The third-order valence-electron chi connectivity index (χ3n) is 4.29. The Morgan fingerprint density at radius 2 is 2.00 bits per heavy atom. The van der Waals surface area contributed by atoms with Crippen molar-refractivity contribution in [1.29, 1.82) is 0 Å². The minimum absolute atomic E-state index is 0.0962. The van der Waals surface area contributed by atoms with E-state index in [9.17, 15) is 0 Å². The third kappa shape index (κ3) is 2.21. The molecule has 1 N–H and O–H groups in total. The van der Waals surface area contributed by atoms with Crippen molar-refractivity contribution in [2.45, 2.75) is 25.5 Å². The standard InChI is InChI=1S/C18H18N2O2/c1-21-16-8-4-6-12-9-10-15(17(12)16)20-18-19-14-7-3-2-5-13(14)11-22-18/h2-8,15H,9-11H2,1H3,(H,19,20). The number of hydrogen-bond donors (Lipinski definition) is 1. The molecular formula is C18H18N2O2.